The van der Waals surface area contributed by atoms with Crippen LogP contribution in [0.1, 0.15) is 25.8 Å². The van der Waals surface area contributed by atoms with E-state index in [9.17, 15) is 0 Å². The molecule has 1 aromatic rings. The van der Waals surface area contributed by atoms with Gasteiger partial charge in [-0.1, -0.05) is 6.07 Å². The minimum Gasteiger partial charge on any atom is -0.489 e. The summed E-state index contributed by atoms with van der Waals surface area (Å²) in [7, 11) is 0. The smallest absolute Gasteiger partial charge is 0.142 e. The van der Waals surface area contributed by atoms with Crippen LogP contribution in [0.15, 0.2) is 18.2 Å². The van der Waals surface area contributed by atoms with Gasteiger partial charge in [0.1, 0.15) is 5.75 Å². The summed E-state index contributed by atoms with van der Waals surface area (Å²) in [6.07, 6.45) is 2.33. The molecule has 2 rings (SSSR count). The van der Waals surface area contributed by atoms with E-state index in [-0.39, 0.29) is 12.7 Å². The van der Waals surface area contributed by atoms with Gasteiger partial charge < -0.3 is 20.5 Å². The number of aryl methyl sites for hydroxylation is 1. The fourth-order valence-corrected chi connectivity index (χ4v) is 3.00. The number of nitrogen functional groups attached to an aromatic ring is 1. The highest BCUT2D eigenvalue weighted by Gasteiger charge is 2.15. The standard InChI is InChI=1S/C18H31N3O2/c1-15(2)23-18-6-5-16(14-17(18)19)4-3-7-20-8-10-21(11-9-20)12-13-22/h5-6,14-15,22H,3-4,7-13,19H2,1-2H3. The Balaban J connectivity index is 1.71. The molecule has 0 unspecified atom stereocenters. The maximum absolute atomic E-state index is 8.97. The van der Waals surface area contributed by atoms with E-state index in [1.54, 1.807) is 0 Å². The van der Waals surface area contributed by atoms with Gasteiger partial charge in [0.2, 0.25) is 0 Å². The SMILES string of the molecule is CC(C)Oc1ccc(CCCN2CCN(CCO)CC2)cc1N. The Labute approximate surface area is 140 Å². The normalized spacial score (nSPS) is 16.9. The van der Waals surface area contributed by atoms with E-state index in [1.807, 2.05) is 26.0 Å². The summed E-state index contributed by atoms with van der Waals surface area (Å²) in [6, 6.07) is 6.14. The number of aliphatic hydroxyl groups excluding tert-OH is 1. The molecule has 1 fully saturated rings. The average Bonchev–Trinajstić information content (AvgIpc) is 2.52. The van der Waals surface area contributed by atoms with E-state index in [2.05, 4.69) is 15.9 Å². The van der Waals surface area contributed by atoms with Crippen molar-refractivity contribution in [3.63, 3.8) is 0 Å². The fraction of sp³-hybridized carbons (Fsp3) is 0.667. The molecular formula is C18H31N3O2. The number of benzene rings is 1. The summed E-state index contributed by atoms with van der Waals surface area (Å²) < 4.78 is 5.67. The molecule has 0 atom stereocenters. The fourth-order valence-electron chi connectivity index (χ4n) is 3.00. The Bertz CT molecular complexity index is 471. The van der Waals surface area contributed by atoms with Crippen molar-refractivity contribution in [1.82, 2.24) is 9.80 Å². The van der Waals surface area contributed by atoms with Crippen LogP contribution in [0.2, 0.25) is 0 Å². The molecule has 3 N–H and O–H groups in total. The van der Waals surface area contributed by atoms with Crippen molar-refractivity contribution in [1.29, 1.82) is 0 Å². The van der Waals surface area contributed by atoms with Crippen LogP contribution < -0.4 is 10.5 Å². The average molecular weight is 321 g/mol. The molecule has 0 saturated carbocycles. The lowest BCUT2D eigenvalue weighted by molar-refractivity contribution is 0.112. The molecule has 1 heterocycles. The number of hydrogen-bond donors (Lipinski definition) is 2. The molecule has 1 aromatic carbocycles. The predicted molar refractivity (Wildman–Crippen MR) is 94.9 cm³/mol. The topological polar surface area (TPSA) is 62.0 Å². The largest absolute Gasteiger partial charge is 0.489 e. The Kier molecular flexibility index (Phi) is 7.15. The van der Waals surface area contributed by atoms with Crippen LogP contribution in [0, 0.1) is 0 Å². The van der Waals surface area contributed by atoms with Gasteiger partial charge in [0.05, 0.1) is 18.4 Å². The van der Waals surface area contributed by atoms with Gasteiger partial charge in [-0.05, 0) is 50.9 Å². The summed E-state index contributed by atoms with van der Waals surface area (Å²) in [4.78, 5) is 4.83. The molecule has 0 aromatic heterocycles. The third kappa shape index (κ3) is 6.01. The van der Waals surface area contributed by atoms with Crippen LogP contribution in [-0.4, -0.2) is 66.9 Å². The highest BCUT2D eigenvalue weighted by Crippen LogP contribution is 2.24. The first-order valence-electron chi connectivity index (χ1n) is 8.69. The van der Waals surface area contributed by atoms with Gasteiger partial charge in [-0.3, -0.25) is 4.90 Å². The third-order valence-electron chi connectivity index (χ3n) is 4.26. The van der Waals surface area contributed by atoms with Gasteiger partial charge in [-0.25, -0.2) is 0 Å². The first kappa shape index (κ1) is 18.0. The molecule has 5 nitrogen and oxygen atoms in total. The zero-order valence-corrected chi connectivity index (χ0v) is 14.5. The number of piperazine rings is 1. The van der Waals surface area contributed by atoms with Gasteiger partial charge in [-0.2, -0.15) is 0 Å². The quantitative estimate of drug-likeness (QED) is 0.712. The van der Waals surface area contributed by atoms with Crippen molar-refractivity contribution in [2.24, 2.45) is 0 Å². The van der Waals surface area contributed by atoms with Gasteiger partial charge in [-0.15, -0.1) is 0 Å². The highest BCUT2D eigenvalue weighted by molar-refractivity contribution is 5.54. The van der Waals surface area contributed by atoms with Crippen molar-refractivity contribution in [2.75, 3.05) is 51.6 Å². The van der Waals surface area contributed by atoms with E-state index < -0.39 is 0 Å². The molecule has 1 aliphatic heterocycles. The molecule has 0 aliphatic carbocycles. The summed E-state index contributed by atoms with van der Waals surface area (Å²) in [6.45, 7) is 10.5. The van der Waals surface area contributed by atoms with Crippen molar-refractivity contribution < 1.29 is 9.84 Å². The second-order valence-corrected chi connectivity index (χ2v) is 6.55. The highest BCUT2D eigenvalue weighted by atomic mass is 16.5. The van der Waals surface area contributed by atoms with Crippen LogP contribution in [0.4, 0.5) is 5.69 Å². The van der Waals surface area contributed by atoms with Gasteiger partial charge in [0.25, 0.3) is 0 Å². The maximum atomic E-state index is 8.97. The molecule has 5 heteroatoms. The number of β-amino-alcohol motifs (C(OH)–C–C–N with tert-alkyl or cyclic N) is 1. The van der Waals surface area contributed by atoms with Crippen LogP contribution in [-0.2, 0) is 6.42 Å². The first-order chi connectivity index (χ1) is 11.1. The van der Waals surface area contributed by atoms with Crippen LogP contribution >= 0.6 is 0 Å². The maximum Gasteiger partial charge on any atom is 0.142 e. The van der Waals surface area contributed by atoms with E-state index in [4.69, 9.17) is 15.6 Å². The monoisotopic (exact) mass is 321 g/mol. The second kappa shape index (κ2) is 9.11. The van der Waals surface area contributed by atoms with Crippen molar-refractivity contribution in [2.45, 2.75) is 32.8 Å². The Hall–Kier alpha value is -1.30. The summed E-state index contributed by atoms with van der Waals surface area (Å²) >= 11 is 0. The van der Waals surface area contributed by atoms with Gasteiger partial charge >= 0.3 is 0 Å². The lowest BCUT2D eigenvalue weighted by Crippen LogP contribution is -2.47. The Morgan fingerprint density at radius 2 is 1.78 bits per heavy atom. The minimum absolute atomic E-state index is 0.146. The van der Waals surface area contributed by atoms with Gasteiger partial charge in [0, 0.05) is 32.7 Å². The van der Waals surface area contributed by atoms with E-state index in [0.29, 0.717) is 0 Å². The van der Waals surface area contributed by atoms with E-state index >= 15 is 0 Å². The van der Waals surface area contributed by atoms with E-state index in [0.717, 1.165) is 63.5 Å². The summed E-state index contributed by atoms with van der Waals surface area (Å²) in [5, 5.41) is 8.97. The molecular weight excluding hydrogens is 290 g/mol. The number of rotatable bonds is 8. The van der Waals surface area contributed by atoms with Crippen LogP contribution in [0.25, 0.3) is 0 Å². The molecule has 130 valence electrons. The lowest BCUT2D eigenvalue weighted by Gasteiger charge is -2.34. The Morgan fingerprint density at radius 3 is 2.35 bits per heavy atom. The molecule has 0 bridgehead atoms. The molecule has 0 amide bonds. The van der Waals surface area contributed by atoms with Gasteiger partial charge in [0.15, 0.2) is 0 Å². The van der Waals surface area contributed by atoms with E-state index in [1.165, 1.54) is 5.56 Å². The lowest BCUT2D eigenvalue weighted by atomic mass is 10.1. The minimum atomic E-state index is 0.146. The van der Waals surface area contributed by atoms with Crippen LogP contribution in [0.3, 0.4) is 0 Å². The second-order valence-electron chi connectivity index (χ2n) is 6.55. The number of ether oxygens (including phenoxy) is 1. The van der Waals surface area contributed by atoms with Crippen molar-refractivity contribution in [3.05, 3.63) is 23.8 Å². The zero-order valence-electron chi connectivity index (χ0n) is 14.5. The van der Waals surface area contributed by atoms with Crippen LogP contribution in [0.5, 0.6) is 5.75 Å². The number of nitrogens with two attached hydrogens (primary N) is 1. The first-order valence-corrected chi connectivity index (χ1v) is 8.69. The van der Waals surface area contributed by atoms with Crippen molar-refractivity contribution >= 4 is 5.69 Å². The summed E-state index contributed by atoms with van der Waals surface area (Å²) in [5.41, 5.74) is 8.07. The number of hydrogen-bond acceptors (Lipinski definition) is 5. The molecule has 0 spiro atoms. The van der Waals surface area contributed by atoms with Crippen molar-refractivity contribution in [3.8, 4) is 5.75 Å². The zero-order chi connectivity index (χ0) is 16.7. The Morgan fingerprint density at radius 1 is 1.13 bits per heavy atom. The summed E-state index contributed by atoms with van der Waals surface area (Å²) in [5.74, 6) is 0.781. The molecule has 1 saturated heterocycles. The predicted octanol–water partition coefficient (Wildman–Crippen LogP) is 1.60. The number of aliphatic hydroxyl groups is 1. The third-order valence-corrected chi connectivity index (χ3v) is 4.26. The number of nitrogens with zero attached hydrogens (tertiary/aromatic N) is 2. The molecule has 0 radical (unpaired) electrons. The molecule has 23 heavy (non-hydrogen) atoms. The molecule has 1 aliphatic rings. The number of anilines is 1.